The maximum atomic E-state index is 5.10. The van der Waals surface area contributed by atoms with Gasteiger partial charge in [0.2, 0.25) is 0 Å². The molecule has 16 heavy (non-hydrogen) atoms. The molecule has 1 N–H and O–H groups in total. The molecule has 3 heterocycles. The van der Waals surface area contributed by atoms with Crippen molar-refractivity contribution in [1.29, 1.82) is 0 Å². The van der Waals surface area contributed by atoms with Crippen LogP contribution in [-0.4, -0.2) is 36.2 Å². The summed E-state index contributed by atoms with van der Waals surface area (Å²) in [5.41, 5.74) is 1.62. The fourth-order valence-corrected chi connectivity index (χ4v) is 3.03. The van der Waals surface area contributed by atoms with E-state index in [9.17, 15) is 0 Å². The van der Waals surface area contributed by atoms with Crippen LogP contribution in [-0.2, 0) is 6.54 Å². The normalized spacial score (nSPS) is 30.6. The van der Waals surface area contributed by atoms with Gasteiger partial charge >= 0.3 is 0 Å². The summed E-state index contributed by atoms with van der Waals surface area (Å²) in [6, 6.07) is 2.04. The number of aryl methyl sites for hydroxylation is 1. The molecule has 0 bridgehead atoms. The maximum Gasteiger partial charge on any atom is 0.133 e. The van der Waals surface area contributed by atoms with E-state index < -0.39 is 0 Å². The summed E-state index contributed by atoms with van der Waals surface area (Å²) in [6.07, 6.45) is 2.66. The van der Waals surface area contributed by atoms with Gasteiger partial charge in [-0.15, -0.1) is 0 Å². The van der Waals surface area contributed by atoms with E-state index in [0.29, 0.717) is 5.41 Å². The van der Waals surface area contributed by atoms with E-state index in [0.717, 1.165) is 18.0 Å². The third-order valence-corrected chi connectivity index (χ3v) is 3.91. The number of aromatic nitrogens is 1. The Morgan fingerprint density at radius 3 is 3.19 bits per heavy atom. The summed E-state index contributed by atoms with van der Waals surface area (Å²) in [5.74, 6) is 0.909. The summed E-state index contributed by atoms with van der Waals surface area (Å²) in [4.78, 5) is 2.50. The second-order valence-electron chi connectivity index (χ2n) is 5.32. The van der Waals surface area contributed by atoms with Crippen LogP contribution >= 0.6 is 0 Å². The Bertz CT molecular complexity index is 368. The second kappa shape index (κ2) is 3.86. The first-order valence-corrected chi connectivity index (χ1v) is 6.11. The number of rotatable bonds is 2. The molecule has 0 amide bonds. The molecule has 0 saturated carbocycles. The highest BCUT2D eigenvalue weighted by Crippen LogP contribution is 2.36. The fraction of sp³-hybridized carbons (Fsp3) is 0.750. The third-order valence-electron chi connectivity index (χ3n) is 3.91. The molecule has 1 aromatic heterocycles. The van der Waals surface area contributed by atoms with Crippen LogP contribution in [0, 0.1) is 12.3 Å². The average molecular weight is 221 g/mol. The van der Waals surface area contributed by atoms with Gasteiger partial charge in [-0.2, -0.15) is 0 Å². The molecule has 1 aromatic rings. The second-order valence-corrected chi connectivity index (χ2v) is 5.32. The first kappa shape index (κ1) is 10.3. The van der Waals surface area contributed by atoms with Gasteiger partial charge in [-0.25, -0.2) is 0 Å². The number of hydrogen-bond donors (Lipinski definition) is 1. The van der Waals surface area contributed by atoms with Gasteiger partial charge in [0.15, 0.2) is 0 Å². The molecule has 2 aliphatic heterocycles. The smallest absolute Gasteiger partial charge is 0.133 e. The molecular formula is C12H19N3O. The number of likely N-dealkylation sites (tertiary alicyclic amines) is 1. The van der Waals surface area contributed by atoms with Crippen LogP contribution in [0.3, 0.4) is 0 Å². The van der Waals surface area contributed by atoms with Crippen molar-refractivity contribution in [3.63, 3.8) is 0 Å². The highest BCUT2D eigenvalue weighted by Gasteiger charge is 2.40. The van der Waals surface area contributed by atoms with E-state index in [1.807, 2.05) is 13.0 Å². The Kier molecular flexibility index (Phi) is 2.48. The topological polar surface area (TPSA) is 41.3 Å². The van der Waals surface area contributed by atoms with E-state index in [1.165, 1.54) is 39.0 Å². The standard InChI is InChI=1S/C12H19N3O/c1-10-6-11(14-16-10)7-15-5-3-12(9-15)2-4-13-8-12/h6,13H,2-5,7-9H2,1H3. The number of nitrogens with zero attached hydrogens (tertiary/aromatic N) is 2. The third kappa shape index (κ3) is 1.87. The van der Waals surface area contributed by atoms with Crippen LogP contribution in [0.5, 0.6) is 0 Å². The van der Waals surface area contributed by atoms with Crippen LogP contribution < -0.4 is 5.32 Å². The van der Waals surface area contributed by atoms with E-state index in [-0.39, 0.29) is 0 Å². The van der Waals surface area contributed by atoms with Gasteiger partial charge in [0.05, 0.1) is 5.69 Å². The Labute approximate surface area is 96.0 Å². The molecule has 0 aromatic carbocycles. The van der Waals surface area contributed by atoms with E-state index in [1.54, 1.807) is 0 Å². The lowest BCUT2D eigenvalue weighted by Gasteiger charge is -2.22. The van der Waals surface area contributed by atoms with Gasteiger partial charge in [-0.3, -0.25) is 4.90 Å². The van der Waals surface area contributed by atoms with Crippen molar-refractivity contribution in [2.24, 2.45) is 5.41 Å². The average Bonchev–Trinajstić information content (AvgIpc) is 2.94. The summed E-state index contributed by atoms with van der Waals surface area (Å²) >= 11 is 0. The Hall–Kier alpha value is -0.870. The van der Waals surface area contributed by atoms with Crippen molar-refractivity contribution in [3.05, 3.63) is 17.5 Å². The molecule has 88 valence electrons. The molecule has 3 rings (SSSR count). The van der Waals surface area contributed by atoms with Crippen LogP contribution in [0.4, 0.5) is 0 Å². The van der Waals surface area contributed by atoms with Crippen molar-refractivity contribution in [1.82, 2.24) is 15.4 Å². The van der Waals surface area contributed by atoms with Gasteiger partial charge in [0.25, 0.3) is 0 Å². The minimum Gasteiger partial charge on any atom is -0.361 e. The predicted molar refractivity (Wildman–Crippen MR) is 61.1 cm³/mol. The zero-order chi connectivity index (χ0) is 11.0. The first-order valence-electron chi connectivity index (χ1n) is 6.11. The van der Waals surface area contributed by atoms with Crippen LogP contribution in [0.1, 0.15) is 24.3 Å². The predicted octanol–water partition coefficient (Wildman–Crippen LogP) is 1.17. The number of hydrogen-bond acceptors (Lipinski definition) is 4. The van der Waals surface area contributed by atoms with Gasteiger partial charge in [-0.1, -0.05) is 5.16 Å². The van der Waals surface area contributed by atoms with Crippen molar-refractivity contribution < 1.29 is 4.52 Å². The van der Waals surface area contributed by atoms with Crippen molar-refractivity contribution in [2.45, 2.75) is 26.3 Å². The lowest BCUT2D eigenvalue weighted by atomic mass is 9.87. The molecular weight excluding hydrogens is 202 g/mol. The van der Waals surface area contributed by atoms with Crippen molar-refractivity contribution >= 4 is 0 Å². The Morgan fingerprint density at radius 2 is 2.50 bits per heavy atom. The molecule has 2 saturated heterocycles. The van der Waals surface area contributed by atoms with Gasteiger partial charge in [0.1, 0.15) is 5.76 Å². The molecule has 2 aliphatic rings. The van der Waals surface area contributed by atoms with Gasteiger partial charge < -0.3 is 9.84 Å². The SMILES string of the molecule is Cc1cc(CN2CCC3(CCNC3)C2)no1. The number of nitrogens with one attached hydrogen (secondary N) is 1. The highest BCUT2D eigenvalue weighted by atomic mass is 16.5. The molecule has 1 unspecified atom stereocenters. The summed E-state index contributed by atoms with van der Waals surface area (Å²) < 4.78 is 5.10. The largest absolute Gasteiger partial charge is 0.361 e. The van der Waals surface area contributed by atoms with Crippen LogP contribution in [0.25, 0.3) is 0 Å². The Morgan fingerprint density at radius 1 is 1.56 bits per heavy atom. The lowest BCUT2D eigenvalue weighted by Crippen LogP contribution is -2.29. The monoisotopic (exact) mass is 221 g/mol. The van der Waals surface area contributed by atoms with E-state index in [4.69, 9.17) is 4.52 Å². The van der Waals surface area contributed by atoms with Crippen LogP contribution in [0.15, 0.2) is 10.6 Å². The molecule has 0 radical (unpaired) electrons. The van der Waals surface area contributed by atoms with Crippen LogP contribution in [0.2, 0.25) is 0 Å². The van der Waals surface area contributed by atoms with E-state index in [2.05, 4.69) is 15.4 Å². The molecule has 4 heteroatoms. The molecule has 0 aliphatic carbocycles. The maximum absolute atomic E-state index is 5.10. The minimum absolute atomic E-state index is 0.554. The first-order chi connectivity index (χ1) is 7.76. The van der Waals surface area contributed by atoms with Gasteiger partial charge in [-0.05, 0) is 38.3 Å². The molecule has 1 spiro atoms. The van der Waals surface area contributed by atoms with Crippen molar-refractivity contribution in [3.8, 4) is 0 Å². The quantitative estimate of drug-likeness (QED) is 0.814. The van der Waals surface area contributed by atoms with Crippen molar-refractivity contribution in [2.75, 3.05) is 26.2 Å². The fourth-order valence-electron chi connectivity index (χ4n) is 3.03. The summed E-state index contributed by atoms with van der Waals surface area (Å²) in [6.45, 7) is 7.69. The summed E-state index contributed by atoms with van der Waals surface area (Å²) in [5, 5.41) is 7.54. The summed E-state index contributed by atoms with van der Waals surface area (Å²) in [7, 11) is 0. The zero-order valence-electron chi connectivity index (χ0n) is 9.83. The Balaban J connectivity index is 1.61. The molecule has 4 nitrogen and oxygen atoms in total. The minimum atomic E-state index is 0.554. The van der Waals surface area contributed by atoms with E-state index >= 15 is 0 Å². The molecule has 2 fully saturated rings. The zero-order valence-corrected chi connectivity index (χ0v) is 9.83. The molecule has 1 atom stereocenters. The highest BCUT2D eigenvalue weighted by molar-refractivity contribution is 5.05. The lowest BCUT2D eigenvalue weighted by molar-refractivity contribution is 0.261. The van der Waals surface area contributed by atoms with Gasteiger partial charge in [0, 0.05) is 25.7 Å².